The zero-order valence-electron chi connectivity index (χ0n) is 7.13. The van der Waals surface area contributed by atoms with E-state index in [0.29, 0.717) is 6.54 Å². The van der Waals surface area contributed by atoms with Crippen molar-refractivity contribution in [2.75, 3.05) is 6.54 Å². The summed E-state index contributed by atoms with van der Waals surface area (Å²) >= 11 is 0. The van der Waals surface area contributed by atoms with Crippen LogP contribution in [0.1, 0.15) is 20.3 Å². The number of hydrogen-bond acceptors (Lipinski definition) is 1. The Kier molecular flexibility index (Phi) is 4.75. The Morgan fingerprint density at radius 2 is 2.00 bits per heavy atom. The predicted octanol–water partition coefficient (Wildman–Crippen LogP) is 1.94. The molecule has 4 heteroatoms. The van der Waals surface area contributed by atoms with Crippen LogP contribution in [0.15, 0.2) is 0 Å². The second kappa shape index (κ2) is 5.04. The molecule has 0 rings (SSSR count). The van der Waals surface area contributed by atoms with Gasteiger partial charge in [-0.2, -0.15) is 13.2 Å². The molecule has 0 aliphatic carbocycles. The Balaban J connectivity index is 3.57. The van der Waals surface area contributed by atoms with Gasteiger partial charge in [-0.25, -0.2) is 0 Å². The summed E-state index contributed by atoms with van der Waals surface area (Å²) in [7, 11) is 0. The molecule has 1 nitrogen and oxygen atoms in total. The zero-order chi connectivity index (χ0) is 9.61. The maximum atomic E-state index is 11.7. The highest BCUT2D eigenvalue weighted by molar-refractivity contribution is 4.97. The lowest BCUT2D eigenvalue weighted by Gasteiger charge is -2.13. The highest BCUT2D eigenvalue weighted by Crippen LogP contribution is 2.20. The number of halogens is 3. The molecule has 0 radical (unpaired) electrons. The van der Waals surface area contributed by atoms with Crippen molar-refractivity contribution in [1.29, 1.82) is 0 Å². The van der Waals surface area contributed by atoms with Gasteiger partial charge >= 0.3 is 6.18 Å². The van der Waals surface area contributed by atoms with Gasteiger partial charge in [0.15, 0.2) is 0 Å². The predicted molar refractivity (Wildman–Crippen MR) is 41.6 cm³/mol. The van der Waals surface area contributed by atoms with Gasteiger partial charge < -0.3 is 5.32 Å². The minimum atomic E-state index is -4.09. The van der Waals surface area contributed by atoms with Gasteiger partial charge in [0, 0.05) is 6.04 Å². The fourth-order valence-corrected chi connectivity index (χ4v) is 0.733. The van der Waals surface area contributed by atoms with E-state index in [4.69, 9.17) is 0 Å². The second-order valence-electron chi connectivity index (χ2n) is 2.53. The SMILES string of the molecule is CC#CCNC(C)CC(F)(F)F. The normalized spacial score (nSPS) is 13.4. The Hall–Kier alpha value is -0.690. The minimum absolute atomic E-state index is 0.313. The van der Waals surface area contributed by atoms with Crippen LogP contribution in [-0.4, -0.2) is 18.8 Å². The monoisotopic (exact) mass is 179 g/mol. The van der Waals surface area contributed by atoms with Crippen LogP contribution >= 0.6 is 0 Å². The molecule has 1 N–H and O–H groups in total. The van der Waals surface area contributed by atoms with Gasteiger partial charge in [-0.05, 0) is 13.8 Å². The molecule has 1 unspecified atom stereocenters. The molecule has 1 atom stereocenters. The van der Waals surface area contributed by atoms with Gasteiger partial charge in [-0.1, -0.05) is 5.92 Å². The standard InChI is InChI=1S/C8H12F3N/c1-3-4-5-12-7(2)6-8(9,10)11/h7,12H,5-6H2,1-2H3. The first-order valence-electron chi connectivity index (χ1n) is 3.65. The van der Waals surface area contributed by atoms with Crippen molar-refractivity contribution in [3.63, 3.8) is 0 Å². The Morgan fingerprint density at radius 3 is 2.42 bits per heavy atom. The van der Waals surface area contributed by atoms with E-state index in [-0.39, 0.29) is 0 Å². The van der Waals surface area contributed by atoms with E-state index in [9.17, 15) is 13.2 Å². The molecular weight excluding hydrogens is 167 g/mol. The lowest BCUT2D eigenvalue weighted by Crippen LogP contribution is -2.31. The maximum absolute atomic E-state index is 11.7. The molecule has 0 aliphatic heterocycles. The van der Waals surface area contributed by atoms with Gasteiger partial charge in [0.2, 0.25) is 0 Å². The molecule has 0 heterocycles. The first kappa shape index (κ1) is 11.3. The third-order valence-electron chi connectivity index (χ3n) is 1.25. The molecule has 0 aliphatic rings. The van der Waals surface area contributed by atoms with Crippen molar-refractivity contribution in [2.24, 2.45) is 0 Å². The van der Waals surface area contributed by atoms with Crippen LogP contribution in [-0.2, 0) is 0 Å². The summed E-state index contributed by atoms with van der Waals surface area (Å²) in [6.45, 7) is 3.45. The molecule has 70 valence electrons. The topological polar surface area (TPSA) is 12.0 Å². The summed E-state index contributed by atoms with van der Waals surface area (Å²) in [5.41, 5.74) is 0. The first-order valence-corrected chi connectivity index (χ1v) is 3.65. The number of nitrogens with one attached hydrogen (secondary N) is 1. The van der Waals surface area contributed by atoms with Gasteiger partial charge in [0.25, 0.3) is 0 Å². The van der Waals surface area contributed by atoms with Crippen LogP contribution < -0.4 is 5.32 Å². The zero-order valence-corrected chi connectivity index (χ0v) is 7.13. The summed E-state index contributed by atoms with van der Waals surface area (Å²) in [6.07, 6.45) is -4.90. The molecule has 0 fully saturated rings. The van der Waals surface area contributed by atoms with Gasteiger partial charge in [0.05, 0.1) is 13.0 Å². The largest absolute Gasteiger partial charge is 0.390 e. The molecule has 0 saturated carbocycles. The maximum Gasteiger partial charge on any atom is 0.390 e. The molecule has 0 aromatic heterocycles. The highest BCUT2D eigenvalue weighted by Gasteiger charge is 2.29. The fourth-order valence-electron chi connectivity index (χ4n) is 0.733. The Morgan fingerprint density at radius 1 is 1.42 bits per heavy atom. The fraction of sp³-hybridized carbons (Fsp3) is 0.750. The second-order valence-corrected chi connectivity index (χ2v) is 2.53. The summed E-state index contributed by atoms with van der Waals surface area (Å²) in [4.78, 5) is 0. The summed E-state index contributed by atoms with van der Waals surface area (Å²) < 4.78 is 35.2. The van der Waals surface area contributed by atoms with E-state index in [0.717, 1.165) is 0 Å². The number of hydrogen-bond donors (Lipinski definition) is 1. The quantitative estimate of drug-likeness (QED) is 0.653. The molecule has 0 bridgehead atoms. The molecule has 12 heavy (non-hydrogen) atoms. The van der Waals surface area contributed by atoms with Crippen LogP contribution in [0.5, 0.6) is 0 Å². The lowest BCUT2D eigenvalue weighted by molar-refractivity contribution is -0.138. The average molecular weight is 179 g/mol. The number of alkyl halides is 3. The van der Waals surface area contributed by atoms with E-state index < -0.39 is 18.6 Å². The van der Waals surface area contributed by atoms with E-state index in [1.54, 1.807) is 6.92 Å². The molecule has 0 amide bonds. The average Bonchev–Trinajstić information content (AvgIpc) is 1.84. The van der Waals surface area contributed by atoms with Crippen molar-refractivity contribution in [2.45, 2.75) is 32.5 Å². The van der Waals surface area contributed by atoms with Crippen LogP contribution in [0.3, 0.4) is 0 Å². The van der Waals surface area contributed by atoms with Crippen molar-refractivity contribution in [3.05, 3.63) is 0 Å². The van der Waals surface area contributed by atoms with Crippen molar-refractivity contribution in [3.8, 4) is 11.8 Å². The summed E-state index contributed by atoms with van der Waals surface area (Å²) in [5, 5.41) is 2.65. The summed E-state index contributed by atoms with van der Waals surface area (Å²) in [6, 6.07) is -0.564. The van der Waals surface area contributed by atoms with Crippen molar-refractivity contribution in [1.82, 2.24) is 5.32 Å². The van der Waals surface area contributed by atoms with Crippen molar-refractivity contribution < 1.29 is 13.2 Å². The smallest absolute Gasteiger partial charge is 0.303 e. The third-order valence-corrected chi connectivity index (χ3v) is 1.25. The highest BCUT2D eigenvalue weighted by atomic mass is 19.4. The van der Waals surface area contributed by atoms with Gasteiger partial charge in [-0.15, -0.1) is 5.92 Å². The van der Waals surface area contributed by atoms with Crippen LogP contribution in [0.4, 0.5) is 13.2 Å². The van der Waals surface area contributed by atoms with E-state index >= 15 is 0 Å². The minimum Gasteiger partial charge on any atom is -0.303 e. The molecule has 0 spiro atoms. The Labute approximate surface area is 70.3 Å². The van der Waals surface area contributed by atoms with Crippen LogP contribution in [0.2, 0.25) is 0 Å². The first-order chi connectivity index (χ1) is 5.45. The van der Waals surface area contributed by atoms with E-state index in [2.05, 4.69) is 17.2 Å². The lowest BCUT2D eigenvalue weighted by atomic mass is 10.2. The third kappa shape index (κ3) is 7.42. The summed E-state index contributed by atoms with van der Waals surface area (Å²) in [5.74, 6) is 5.23. The van der Waals surface area contributed by atoms with Crippen LogP contribution in [0, 0.1) is 11.8 Å². The molecule has 0 saturated heterocycles. The Bertz CT molecular complexity index is 175. The molecule has 0 aromatic rings. The van der Waals surface area contributed by atoms with Crippen molar-refractivity contribution >= 4 is 0 Å². The molecule has 0 aromatic carbocycles. The van der Waals surface area contributed by atoms with Gasteiger partial charge in [0.1, 0.15) is 0 Å². The van der Waals surface area contributed by atoms with E-state index in [1.807, 2.05) is 0 Å². The van der Waals surface area contributed by atoms with Crippen LogP contribution in [0.25, 0.3) is 0 Å². The number of rotatable bonds is 3. The van der Waals surface area contributed by atoms with E-state index in [1.165, 1.54) is 6.92 Å². The van der Waals surface area contributed by atoms with Gasteiger partial charge in [-0.3, -0.25) is 0 Å². The molecular formula is C8H12F3N.